The Labute approximate surface area is 148 Å². The standard InChI is InChI=1S/C17H20BrNO5/c18-11-1-2-15-12(7-11)14(9-24-15)16(20)19-8-13(17(21)22)10-3-5-23-6-4-10/h1-2,7,10,13-14H,3-6,8-9H2,(H,19,20)(H,21,22). The zero-order valence-corrected chi connectivity index (χ0v) is 14.8. The molecule has 2 aliphatic heterocycles. The Morgan fingerprint density at radius 3 is 2.79 bits per heavy atom. The molecule has 1 saturated heterocycles. The molecule has 6 nitrogen and oxygen atoms in total. The van der Waals surface area contributed by atoms with E-state index in [1.807, 2.05) is 18.2 Å². The van der Waals surface area contributed by atoms with Crippen LogP contribution in [0.3, 0.4) is 0 Å². The van der Waals surface area contributed by atoms with Crippen molar-refractivity contribution < 1.29 is 24.2 Å². The van der Waals surface area contributed by atoms with Gasteiger partial charge >= 0.3 is 5.97 Å². The molecule has 0 spiro atoms. The third kappa shape index (κ3) is 3.72. The summed E-state index contributed by atoms with van der Waals surface area (Å²) in [6, 6.07) is 5.57. The van der Waals surface area contributed by atoms with E-state index in [0.717, 1.165) is 22.9 Å². The summed E-state index contributed by atoms with van der Waals surface area (Å²) in [6.45, 7) is 1.59. The Kier molecular flexibility index (Phi) is 5.40. The van der Waals surface area contributed by atoms with Crippen molar-refractivity contribution in [3.05, 3.63) is 28.2 Å². The first-order valence-electron chi connectivity index (χ1n) is 8.06. The van der Waals surface area contributed by atoms with Gasteiger partial charge in [-0.1, -0.05) is 15.9 Å². The number of benzene rings is 1. The molecule has 7 heteroatoms. The molecular formula is C17H20BrNO5. The van der Waals surface area contributed by atoms with Crippen LogP contribution in [0.4, 0.5) is 0 Å². The number of halogens is 1. The Bertz CT molecular complexity index is 629. The van der Waals surface area contributed by atoms with Crippen LogP contribution >= 0.6 is 15.9 Å². The van der Waals surface area contributed by atoms with E-state index in [0.29, 0.717) is 19.0 Å². The number of carbonyl (C=O) groups excluding carboxylic acids is 1. The zero-order chi connectivity index (χ0) is 17.1. The van der Waals surface area contributed by atoms with Gasteiger partial charge in [0, 0.05) is 29.8 Å². The second-order valence-corrected chi connectivity index (χ2v) is 7.10. The van der Waals surface area contributed by atoms with E-state index in [4.69, 9.17) is 9.47 Å². The maximum absolute atomic E-state index is 12.5. The molecule has 0 radical (unpaired) electrons. The molecule has 1 aromatic carbocycles. The van der Waals surface area contributed by atoms with Gasteiger partial charge in [-0.05, 0) is 37.0 Å². The van der Waals surface area contributed by atoms with E-state index in [-0.39, 0.29) is 25.0 Å². The van der Waals surface area contributed by atoms with Crippen LogP contribution in [0.2, 0.25) is 0 Å². The van der Waals surface area contributed by atoms with Crippen LogP contribution in [0.25, 0.3) is 0 Å². The minimum atomic E-state index is -0.868. The van der Waals surface area contributed by atoms with Crippen LogP contribution in [-0.4, -0.2) is 43.3 Å². The summed E-state index contributed by atoms with van der Waals surface area (Å²) in [4.78, 5) is 24.1. The molecule has 24 heavy (non-hydrogen) atoms. The fraction of sp³-hybridized carbons (Fsp3) is 0.529. The second-order valence-electron chi connectivity index (χ2n) is 6.19. The lowest BCUT2D eigenvalue weighted by Gasteiger charge is -2.28. The topological polar surface area (TPSA) is 84.9 Å². The van der Waals surface area contributed by atoms with Crippen molar-refractivity contribution in [1.29, 1.82) is 0 Å². The van der Waals surface area contributed by atoms with Gasteiger partial charge in [0.05, 0.1) is 5.92 Å². The quantitative estimate of drug-likeness (QED) is 0.794. The molecule has 2 unspecified atom stereocenters. The highest BCUT2D eigenvalue weighted by molar-refractivity contribution is 9.10. The first-order chi connectivity index (χ1) is 11.6. The van der Waals surface area contributed by atoms with E-state index in [9.17, 15) is 14.7 Å². The lowest BCUT2D eigenvalue weighted by atomic mass is 9.86. The summed E-state index contributed by atoms with van der Waals surface area (Å²) in [6.07, 6.45) is 1.43. The largest absolute Gasteiger partial charge is 0.492 e. The molecule has 0 bridgehead atoms. The van der Waals surface area contributed by atoms with E-state index < -0.39 is 17.8 Å². The molecular weight excluding hydrogens is 378 g/mol. The van der Waals surface area contributed by atoms with Crippen LogP contribution in [0.5, 0.6) is 5.75 Å². The van der Waals surface area contributed by atoms with Gasteiger partial charge < -0.3 is 19.9 Å². The third-order valence-corrected chi connectivity index (χ3v) is 5.21. The lowest BCUT2D eigenvalue weighted by Crippen LogP contribution is -2.40. The van der Waals surface area contributed by atoms with Crippen LogP contribution in [0.15, 0.2) is 22.7 Å². The van der Waals surface area contributed by atoms with Gasteiger partial charge in [-0.25, -0.2) is 0 Å². The molecule has 2 atom stereocenters. The zero-order valence-electron chi connectivity index (χ0n) is 13.2. The molecule has 2 aliphatic rings. The van der Waals surface area contributed by atoms with Gasteiger partial charge in [0.25, 0.3) is 0 Å². The first kappa shape index (κ1) is 17.2. The highest BCUT2D eigenvalue weighted by atomic mass is 79.9. The summed E-state index contributed by atoms with van der Waals surface area (Å²) in [5.41, 5.74) is 0.833. The Balaban J connectivity index is 1.63. The van der Waals surface area contributed by atoms with Crippen LogP contribution < -0.4 is 10.1 Å². The van der Waals surface area contributed by atoms with E-state index in [2.05, 4.69) is 21.2 Å². The number of amides is 1. The Morgan fingerprint density at radius 2 is 2.08 bits per heavy atom. The molecule has 1 amide bonds. The van der Waals surface area contributed by atoms with Crippen molar-refractivity contribution >= 4 is 27.8 Å². The Morgan fingerprint density at radius 1 is 1.33 bits per heavy atom. The van der Waals surface area contributed by atoms with E-state index in [1.165, 1.54) is 0 Å². The molecule has 1 aromatic rings. The fourth-order valence-corrected chi connectivity index (χ4v) is 3.69. The molecule has 0 aliphatic carbocycles. The van der Waals surface area contributed by atoms with Crippen LogP contribution in [0, 0.1) is 11.8 Å². The normalized spacial score (nSPS) is 21.6. The number of carboxylic acids is 1. The molecule has 3 rings (SSSR count). The summed E-state index contributed by atoms with van der Waals surface area (Å²) >= 11 is 3.40. The predicted molar refractivity (Wildman–Crippen MR) is 90.1 cm³/mol. The Hall–Kier alpha value is -1.60. The number of nitrogens with one attached hydrogen (secondary N) is 1. The van der Waals surface area contributed by atoms with Gasteiger partial charge in [0.2, 0.25) is 5.91 Å². The highest BCUT2D eigenvalue weighted by Gasteiger charge is 2.33. The molecule has 1 fully saturated rings. The number of rotatable bonds is 5. The van der Waals surface area contributed by atoms with Crippen molar-refractivity contribution in [3.8, 4) is 5.75 Å². The number of fused-ring (bicyclic) bond motifs is 1. The molecule has 2 heterocycles. The van der Waals surface area contributed by atoms with Crippen molar-refractivity contribution in [2.24, 2.45) is 11.8 Å². The maximum atomic E-state index is 12.5. The molecule has 2 N–H and O–H groups in total. The van der Waals surface area contributed by atoms with Crippen molar-refractivity contribution in [2.75, 3.05) is 26.4 Å². The minimum absolute atomic E-state index is 0.0396. The average molecular weight is 398 g/mol. The SMILES string of the molecule is O=C(NCC(C(=O)O)C1CCOCC1)C1COc2ccc(Br)cc21. The minimum Gasteiger partial charge on any atom is -0.492 e. The van der Waals surface area contributed by atoms with Crippen LogP contribution in [0.1, 0.15) is 24.3 Å². The summed E-state index contributed by atoms with van der Waals surface area (Å²) < 4.78 is 11.7. The van der Waals surface area contributed by atoms with E-state index >= 15 is 0 Å². The van der Waals surface area contributed by atoms with Crippen LogP contribution in [-0.2, 0) is 14.3 Å². The van der Waals surface area contributed by atoms with Crippen molar-refractivity contribution in [1.82, 2.24) is 5.32 Å². The number of ether oxygens (including phenoxy) is 2. The first-order valence-corrected chi connectivity index (χ1v) is 8.86. The highest BCUT2D eigenvalue weighted by Crippen LogP contribution is 2.36. The molecule has 130 valence electrons. The van der Waals surface area contributed by atoms with Gasteiger partial charge in [-0.15, -0.1) is 0 Å². The second kappa shape index (κ2) is 7.53. The molecule has 0 aromatic heterocycles. The summed E-state index contributed by atoms with van der Waals surface area (Å²) in [5.74, 6) is -1.29. The maximum Gasteiger partial charge on any atom is 0.308 e. The average Bonchev–Trinajstić information content (AvgIpc) is 2.98. The van der Waals surface area contributed by atoms with E-state index in [1.54, 1.807) is 0 Å². The van der Waals surface area contributed by atoms with Crippen molar-refractivity contribution in [3.63, 3.8) is 0 Å². The van der Waals surface area contributed by atoms with Gasteiger partial charge in [0.1, 0.15) is 18.3 Å². The monoisotopic (exact) mass is 397 g/mol. The van der Waals surface area contributed by atoms with Gasteiger partial charge in [-0.2, -0.15) is 0 Å². The summed E-state index contributed by atoms with van der Waals surface area (Å²) in [5, 5.41) is 12.3. The lowest BCUT2D eigenvalue weighted by molar-refractivity contribution is -0.145. The van der Waals surface area contributed by atoms with Gasteiger partial charge in [0.15, 0.2) is 0 Å². The number of carboxylic acid groups (broad SMARTS) is 1. The number of hydrogen-bond donors (Lipinski definition) is 2. The molecule has 0 saturated carbocycles. The summed E-state index contributed by atoms with van der Waals surface area (Å²) in [7, 11) is 0. The van der Waals surface area contributed by atoms with Crippen molar-refractivity contribution in [2.45, 2.75) is 18.8 Å². The smallest absolute Gasteiger partial charge is 0.308 e. The van der Waals surface area contributed by atoms with Gasteiger partial charge in [-0.3, -0.25) is 9.59 Å². The fourth-order valence-electron chi connectivity index (χ4n) is 3.31. The number of carbonyl (C=O) groups is 2. The predicted octanol–water partition coefficient (Wildman–Crippen LogP) is 2.17. The number of aliphatic carboxylic acids is 1. The number of hydrogen-bond acceptors (Lipinski definition) is 4. The third-order valence-electron chi connectivity index (χ3n) is 4.72.